The monoisotopic (exact) mass is 312 g/mol. The van der Waals surface area contributed by atoms with Crippen molar-refractivity contribution in [3.05, 3.63) is 28.3 Å². The van der Waals surface area contributed by atoms with Crippen molar-refractivity contribution in [2.75, 3.05) is 13.7 Å². The number of terminal acetylenes is 1. The maximum Gasteiger partial charge on any atom is 0.271 e. The van der Waals surface area contributed by atoms with Crippen molar-refractivity contribution in [2.24, 2.45) is 0 Å². The van der Waals surface area contributed by atoms with Crippen LogP contribution >= 0.6 is 0 Å². The summed E-state index contributed by atoms with van der Waals surface area (Å²) >= 11 is 0. The molecule has 1 rings (SSSR count). The summed E-state index contributed by atoms with van der Waals surface area (Å²) < 4.78 is 31.6. The molecular formula is C13H16N2O5S. The predicted octanol–water partition coefficient (Wildman–Crippen LogP) is 1.69. The molecule has 0 saturated heterocycles. The van der Waals surface area contributed by atoms with Crippen molar-refractivity contribution in [2.45, 2.75) is 24.2 Å². The maximum atomic E-state index is 12.2. The molecule has 0 saturated carbocycles. The molecule has 0 atom stereocenters. The Morgan fingerprint density at radius 1 is 1.43 bits per heavy atom. The highest BCUT2D eigenvalue weighted by Gasteiger charge is 2.22. The van der Waals surface area contributed by atoms with Crippen molar-refractivity contribution in [1.82, 2.24) is 4.72 Å². The summed E-state index contributed by atoms with van der Waals surface area (Å²) in [5.74, 6) is 2.52. The van der Waals surface area contributed by atoms with E-state index in [1.807, 2.05) is 0 Å². The average molecular weight is 312 g/mol. The zero-order valence-corrected chi connectivity index (χ0v) is 12.4. The van der Waals surface area contributed by atoms with E-state index in [1.165, 1.54) is 19.2 Å². The number of nitrogens with zero attached hydrogens (tertiary/aromatic N) is 1. The second kappa shape index (κ2) is 7.61. The van der Waals surface area contributed by atoms with Crippen molar-refractivity contribution in [1.29, 1.82) is 0 Å². The lowest BCUT2D eigenvalue weighted by atomic mass is 10.2. The van der Waals surface area contributed by atoms with Crippen LogP contribution in [0, 0.1) is 22.5 Å². The minimum absolute atomic E-state index is 0.0525. The van der Waals surface area contributed by atoms with E-state index < -0.39 is 14.9 Å². The molecule has 0 amide bonds. The molecule has 8 heteroatoms. The van der Waals surface area contributed by atoms with Crippen LogP contribution in [-0.2, 0) is 10.0 Å². The third-order valence-corrected chi connectivity index (χ3v) is 4.17. The first-order chi connectivity index (χ1) is 9.92. The van der Waals surface area contributed by atoms with Gasteiger partial charge >= 0.3 is 0 Å². The van der Waals surface area contributed by atoms with Gasteiger partial charge in [-0.3, -0.25) is 10.1 Å². The van der Waals surface area contributed by atoms with Crippen LogP contribution in [0.2, 0.25) is 0 Å². The van der Waals surface area contributed by atoms with Gasteiger partial charge in [0.2, 0.25) is 10.0 Å². The summed E-state index contributed by atoms with van der Waals surface area (Å²) in [4.78, 5) is 9.83. The predicted molar refractivity (Wildman–Crippen MR) is 77.5 cm³/mol. The second-order valence-electron chi connectivity index (χ2n) is 4.15. The highest BCUT2D eigenvalue weighted by molar-refractivity contribution is 7.89. The molecule has 1 N–H and O–H groups in total. The Hall–Kier alpha value is -2.11. The van der Waals surface area contributed by atoms with Gasteiger partial charge in [-0.1, -0.05) is 0 Å². The maximum absolute atomic E-state index is 12.2. The number of hydrogen-bond donors (Lipinski definition) is 1. The summed E-state index contributed by atoms with van der Waals surface area (Å²) in [6.45, 7) is 0.204. The van der Waals surface area contributed by atoms with Crippen molar-refractivity contribution in [3.8, 4) is 18.1 Å². The Labute approximate surface area is 123 Å². The average Bonchev–Trinajstić information content (AvgIpc) is 2.46. The van der Waals surface area contributed by atoms with Crippen molar-refractivity contribution in [3.63, 3.8) is 0 Å². The van der Waals surface area contributed by atoms with Crippen LogP contribution in [0.25, 0.3) is 0 Å². The number of rotatable bonds is 8. The van der Waals surface area contributed by atoms with Gasteiger partial charge in [0, 0.05) is 25.1 Å². The molecule has 0 unspecified atom stereocenters. The van der Waals surface area contributed by atoms with Gasteiger partial charge in [-0.2, -0.15) is 0 Å². The van der Waals surface area contributed by atoms with Crippen LogP contribution in [0.5, 0.6) is 5.75 Å². The topological polar surface area (TPSA) is 98.5 Å². The first-order valence-electron chi connectivity index (χ1n) is 6.18. The largest absolute Gasteiger partial charge is 0.495 e. The summed E-state index contributed by atoms with van der Waals surface area (Å²) in [6, 6.07) is 3.42. The molecule has 0 aliphatic heterocycles. The molecule has 0 aliphatic carbocycles. The number of nitro benzene ring substituents is 1. The summed E-state index contributed by atoms with van der Waals surface area (Å²) in [5, 5.41) is 10.7. The van der Waals surface area contributed by atoms with Gasteiger partial charge in [-0.15, -0.1) is 12.3 Å². The van der Waals surface area contributed by atoms with Crippen LogP contribution in [0.15, 0.2) is 23.1 Å². The molecule has 1 aromatic carbocycles. The van der Waals surface area contributed by atoms with Crippen molar-refractivity contribution >= 4 is 15.7 Å². The molecule has 0 aromatic heterocycles. The lowest BCUT2D eigenvalue weighted by Gasteiger charge is -2.10. The Bertz CT molecular complexity index is 649. The molecule has 21 heavy (non-hydrogen) atoms. The number of nitro groups is 1. The smallest absolute Gasteiger partial charge is 0.271 e. The molecular weight excluding hydrogens is 296 g/mol. The lowest BCUT2D eigenvalue weighted by molar-refractivity contribution is -0.385. The number of ether oxygens (including phenoxy) is 1. The van der Waals surface area contributed by atoms with Gasteiger partial charge in [0.05, 0.1) is 12.0 Å². The Morgan fingerprint density at radius 2 is 2.14 bits per heavy atom. The van der Waals surface area contributed by atoms with E-state index >= 15 is 0 Å². The lowest BCUT2D eigenvalue weighted by Crippen LogP contribution is -2.25. The quantitative estimate of drug-likeness (QED) is 0.341. The van der Waals surface area contributed by atoms with Crippen LogP contribution < -0.4 is 9.46 Å². The van der Waals surface area contributed by atoms with Crippen LogP contribution in [-0.4, -0.2) is 27.0 Å². The van der Waals surface area contributed by atoms with E-state index in [0.717, 1.165) is 6.07 Å². The molecule has 0 aliphatic rings. The molecule has 0 fully saturated rings. The van der Waals surface area contributed by atoms with Crippen LogP contribution in [0.4, 0.5) is 5.69 Å². The Kier molecular flexibility index (Phi) is 6.14. The van der Waals surface area contributed by atoms with Crippen LogP contribution in [0.1, 0.15) is 19.3 Å². The fourth-order valence-corrected chi connectivity index (χ4v) is 2.89. The van der Waals surface area contributed by atoms with E-state index in [4.69, 9.17) is 11.2 Å². The summed E-state index contributed by atoms with van der Waals surface area (Å²) in [5.41, 5.74) is -0.316. The van der Waals surface area contributed by atoms with Gasteiger partial charge in [0.1, 0.15) is 10.6 Å². The molecule has 0 spiro atoms. The van der Waals surface area contributed by atoms with Gasteiger partial charge < -0.3 is 4.74 Å². The van der Waals surface area contributed by atoms with Gasteiger partial charge in [0.15, 0.2) is 0 Å². The highest BCUT2D eigenvalue weighted by Crippen LogP contribution is 2.27. The molecule has 0 heterocycles. The minimum Gasteiger partial charge on any atom is -0.495 e. The normalized spacial score (nSPS) is 10.9. The van der Waals surface area contributed by atoms with Gasteiger partial charge in [-0.05, 0) is 18.9 Å². The number of unbranched alkanes of at least 4 members (excludes halogenated alkanes) is 2. The Morgan fingerprint density at radius 3 is 2.71 bits per heavy atom. The zero-order valence-electron chi connectivity index (χ0n) is 11.5. The fraction of sp³-hybridized carbons (Fsp3) is 0.385. The first kappa shape index (κ1) is 16.9. The highest BCUT2D eigenvalue weighted by atomic mass is 32.2. The van der Waals surface area contributed by atoms with Crippen LogP contribution in [0.3, 0.4) is 0 Å². The first-order valence-corrected chi connectivity index (χ1v) is 7.66. The fourth-order valence-electron chi connectivity index (χ4n) is 1.63. The number of benzene rings is 1. The molecule has 1 aromatic rings. The van der Waals surface area contributed by atoms with E-state index in [2.05, 4.69) is 10.6 Å². The molecule has 0 bridgehead atoms. The molecule has 114 valence electrons. The van der Waals surface area contributed by atoms with E-state index in [1.54, 1.807) is 0 Å². The van der Waals surface area contributed by atoms with E-state index in [0.29, 0.717) is 19.3 Å². The zero-order chi connectivity index (χ0) is 15.9. The molecule has 0 radical (unpaired) electrons. The number of methoxy groups -OCH3 is 1. The van der Waals surface area contributed by atoms with Gasteiger partial charge in [-0.25, -0.2) is 13.1 Å². The van der Waals surface area contributed by atoms with Gasteiger partial charge in [0.25, 0.3) is 5.69 Å². The Balaban J connectivity index is 2.93. The summed E-state index contributed by atoms with van der Waals surface area (Å²) in [7, 11) is -2.58. The summed E-state index contributed by atoms with van der Waals surface area (Å²) in [6.07, 6.45) is 6.96. The third kappa shape index (κ3) is 4.73. The second-order valence-corrected chi connectivity index (χ2v) is 5.89. The number of nitrogens with one attached hydrogen (secondary N) is 1. The van der Waals surface area contributed by atoms with E-state index in [9.17, 15) is 18.5 Å². The minimum atomic E-state index is -3.88. The molecule has 7 nitrogen and oxygen atoms in total. The van der Waals surface area contributed by atoms with Crippen molar-refractivity contribution < 1.29 is 18.1 Å². The van der Waals surface area contributed by atoms with E-state index in [-0.39, 0.29) is 22.9 Å². The number of sulfonamides is 1. The standard InChI is InChI=1S/C13H16N2O5S/c1-3-4-5-6-9-14-21(18,19)13-10-11(15(16)17)7-8-12(13)20-2/h1,7-8,10,14H,4-6,9H2,2H3. The third-order valence-electron chi connectivity index (χ3n) is 2.69. The SMILES string of the molecule is C#CCCCCNS(=O)(=O)c1cc([N+](=O)[O-])ccc1OC. The number of non-ortho nitro benzene ring substituents is 1. The number of hydrogen-bond acceptors (Lipinski definition) is 5.